The second kappa shape index (κ2) is 6.09. The number of anilines is 1. The number of aryl methyl sites for hydroxylation is 1. The molecule has 0 saturated heterocycles. The van der Waals surface area contributed by atoms with Gasteiger partial charge in [0.25, 0.3) is 5.91 Å². The van der Waals surface area contributed by atoms with Gasteiger partial charge in [0, 0.05) is 23.4 Å². The number of benzene rings is 2. The third-order valence-corrected chi connectivity index (χ3v) is 4.74. The van der Waals surface area contributed by atoms with E-state index < -0.39 is 0 Å². The molecule has 122 valence electrons. The molecule has 0 unspecified atom stereocenters. The van der Waals surface area contributed by atoms with Gasteiger partial charge in [-0.25, -0.2) is 0 Å². The van der Waals surface area contributed by atoms with Crippen molar-refractivity contribution in [3.8, 4) is 0 Å². The van der Waals surface area contributed by atoms with E-state index >= 15 is 0 Å². The topological polar surface area (TPSA) is 83.8 Å². The summed E-state index contributed by atoms with van der Waals surface area (Å²) < 4.78 is 0. The van der Waals surface area contributed by atoms with Crippen LogP contribution < -0.4 is 11.1 Å². The molecule has 0 spiro atoms. The summed E-state index contributed by atoms with van der Waals surface area (Å²) in [5, 5.41) is 12.4. The molecule has 1 heterocycles. The zero-order valence-electron chi connectivity index (χ0n) is 13.4. The predicted molar refractivity (Wildman–Crippen MR) is 95.0 cm³/mol. The average molecular weight is 320 g/mol. The fourth-order valence-corrected chi connectivity index (χ4v) is 3.42. The quantitative estimate of drug-likeness (QED) is 0.693. The van der Waals surface area contributed by atoms with Crippen LogP contribution in [0.5, 0.6) is 0 Å². The van der Waals surface area contributed by atoms with E-state index in [0.29, 0.717) is 17.9 Å². The van der Waals surface area contributed by atoms with Crippen LogP contribution in [-0.4, -0.2) is 16.1 Å². The van der Waals surface area contributed by atoms with Crippen molar-refractivity contribution < 1.29 is 4.79 Å². The van der Waals surface area contributed by atoms with Gasteiger partial charge in [-0.1, -0.05) is 24.3 Å². The lowest BCUT2D eigenvalue weighted by Crippen LogP contribution is -2.14. The maximum absolute atomic E-state index is 12.6. The molecule has 0 aliphatic heterocycles. The van der Waals surface area contributed by atoms with Gasteiger partial charge in [0.05, 0.1) is 0 Å². The Morgan fingerprint density at radius 3 is 2.96 bits per heavy atom. The van der Waals surface area contributed by atoms with Crippen LogP contribution in [0.15, 0.2) is 36.4 Å². The SMILES string of the molecule is NCc1cccc2ccc(C(=O)Nc3n[nH]c4c3CCCC4)cc12. The number of amides is 1. The first-order chi connectivity index (χ1) is 11.8. The number of aromatic nitrogens is 2. The van der Waals surface area contributed by atoms with Crippen LogP contribution >= 0.6 is 0 Å². The van der Waals surface area contributed by atoms with Crippen molar-refractivity contribution in [3.05, 3.63) is 58.8 Å². The minimum Gasteiger partial charge on any atom is -0.326 e. The maximum Gasteiger partial charge on any atom is 0.256 e. The third-order valence-electron chi connectivity index (χ3n) is 4.74. The number of hydrogen-bond acceptors (Lipinski definition) is 3. The number of carbonyl (C=O) groups excluding carboxylic acids is 1. The van der Waals surface area contributed by atoms with E-state index in [9.17, 15) is 4.79 Å². The summed E-state index contributed by atoms with van der Waals surface area (Å²) >= 11 is 0. The number of hydrogen-bond donors (Lipinski definition) is 3. The molecule has 3 aromatic rings. The van der Waals surface area contributed by atoms with Gasteiger partial charge in [-0.3, -0.25) is 9.89 Å². The molecule has 0 fully saturated rings. The monoisotopic (exact) mass is 320 g/mol. The Bertz CT molecular complexity index is 913. The molecule has 5 nitrogen and oxygen atoms in total. The molecule has 0 atom stereocenters. The van der Waals surface area contributed by atoms with Crippen molar-refractivity contribution in [1.29, 1.82) is 0 Å². The van der Waals surface area contributed by atoms with Crippen molar-refractivity contribution in [1.82, 2.24) is 10.2 Å². The number of carbonyl (C=O) groups is 1. The Balaban J connectivity index is 1.65. The number of nitrogens with one attached hydrogen (secondary N) is 2. The van der Waals surface area contributed by atoms with Gasteiger partial charge in [-0.2, -0.15) is 5.10 Å². The van der Waals surface area contributed by atoms with Gasteiger partial charge in [0.15, 0.2) is 5.82 Å². The van der Waals surface area contributed by atoms with E-state index in [1.54, 1.807) is 0 Å². The highest BCUT2D eigenvalue weighted by molar-refractivity contribution is 6.06. The van der Waals surface area contributed by atoms with Crippen LogP contribution in [0.1, 0.15) is 40.0 Å². The molecular formula is C19H20N4O. The standard InChI is InChI=1S/C19H20N4O/c20-11-14-5-3-4-12-8-9-13(10-16(12)14)19(24)21-18-15-6-1-2-7-17(15)22-23-18/h3-5,8-10H,1-2,6-7,11,20H2,(H2,21,22,23,24). The van der Waals surface area contributed by atoms with Crippen molar-refractivity contribution in [2.75, 3.05) is 5.32 Å². The number of rotatable bonds is 3. The number of aromatic amines is 1. The van der Waals surface area contributed by atoms with Gasteiger partial charge in [0.2, 0.25) is 0 Å². The Kier molecular flexibility index (Phi) is 3.78. The third kappa shape index (κ3) is 2.57. The second-order valence-corrected chi connectivity index (χ2v) is 6.25. The Hall–Kier alpha value is -2.66. The molecule has 1 amide bonds. The molecular weight excluding hydrogens is 300 g/mol. The van der Waals surface area contributed by atoms with Gasteiger partial charge >= 0.3 is 0 Å². The van der Waals surface area contributed by atoms with E-state index in [-0.39, 0.29) is 5.91 Å². The van der Waals surface area contributed by atoms with Crippen molar-refractivity contribution >= 4 is 22.5 Å². The minimum atomic E-state index is -0.136. The van der Waals surface area contributed by atoms with Crippen molar-refractivity contribution in [3.63, 3.8) is 0 Å². The summed E-state index contributed by atoms with van der Waals surface area (Å²) in [6.07, 6.45) is 4.30. The predicted octanol–water partition coefficient (Wildman–Crippen LogP) is 3.15. The Morgan fingerprint density at radius 2 is 2.08 bits per heavy atom. The molecule has 1 aliphatic rings. The zero-order chi connectivity index (χ0) is 16.5. The fourth-order valence-electron chi connectivity index (χ4n) is 3.42. The van der Waals surface area contributed by atoms with E-state index in [1.165, 1.54) is 6.42 Å². The molecule has 4 N–H and O–H groups in total. The van der Waals surface area contributed by atoms with Crippen LogP contribution in [-0.2, 0) is 19.4 Å². The van der Waals surface area contributed by atoms with E-state index in [2.05, 4.69) is 15.5 Å². The fraction of sp³-hybridized carbons (Fsp3) is 0.263. The number of nitrogens with zero attached hydrogens (tertiary/aromatic N) is 1. The summed E-state index contributed by atoms with van der Waals surface area (Å²) in [6.45, 7) is 0.454. The lowest BCUT2D eigenvalue weighted by molar-refractivity contribution is 0.102. The maximum atomic E-state index is 12.6. The Labute approximate surface area is 140 Å². The number of fused-ring (bicyclic) bond motifs is 2. The summed E-state index contributed by atoms with van der Waals surface area (Å²) in [4.78, 5) is 12.6. The van der Waals surface area contributed by atoms with Gasteiger partial charge in [0.1, 0.15) is 0 Å². The first kappa shape index (κ1) is 14.9. The molecule has 1 aliphatic carbocycles. The zero-order valence-corrected chi connectivity index (χ0v) is 13.4. The van der Waals surface area contributed by atoms with Crippen LogP contribution in [0.2, 0.25) is 0 Å². The summed E-state index contributed by atoms with van der Waals surface area (Å²) in [5.41, 5.74) is 9.78. The number of H-pyrrole nitrogens is 1. The molecule has 0 radical (unpaired) electrons. The van der Waals surface area contributed by atoms with Gasteiger partial charge in [-0.05, 0) is 54.2 Å². The summed E-state index contributed by atoms with van der Waals surface area (Å²) in [6, 6.07) is 11.7. The molecule has 0 bridgehead atoms. The molecule has 0 saturated carbocycles. The number of nitrogens with two attached hydrogens (primary N) is 1. The van der Waals surface area contributed by atoms with E-state index in [1.807, 2.05) is 36.4 Å². The van der Waals surface area contributed by atoms with Crippen LogP contribution in [0.25, 0.3) is 10.8 Å². The second-order valence-electron chi connectivity index (χ2n) is 6.25. The van der Waals surface area contributed by atoms with Crippen LogP contribution in [0, 0.1) is 0 Å². The minimum absolute atomic E-state index is 0.136. The molecule has 5 heteroatoms. The molecule has 1 aromatic heterocycles. The highest BCUT2D eigenvalue weighted by Gasteiger charge is 2.19. The highest BCUT2D eigenvalue weighted by Crippen LogP contribution is 2.26. The molecule has 24 heavy (non-hydrogen) atoms. The lowest BCUT2D eigenvalue weighted by Gasteiger charge is -2.12. The van der Waals surface area contributed by atoms with Crippen molar-refractivity contribution in [2.24, 2.45) is 5.73 Å². The lowest BCUT2D eigenvalue weighted by atomic mass is 9.97. The summed E-state index contributed by atoms with van der Waals surface area (Å²) in [7, 11) is 0. The first-order valence-electron chi connectivity index (χ1n) is 8.35. The van der Waals surface area contributed by atoms with Crippen LogP contribution in [0.3, 0.4) is 0 Å². The first-order valence-corrected chi connectivity index (χ1v) is 8.35. The largest absolute Gasteiger partial charge is 0.326 e. The summed E-state index contributed by atoms with van der Waals surface area (Å²) in [5.74, 6) is 0.533. The van der Waals surface area contributed by atoms with E-state index in [4.69, 9.17) is 5.73 Å². The van der Waals surface area contributed by atoms with Crippen molar-refractivity contribution in [2.45, 2.75) is 32.2 Å². The molecule has 2 aromatic carbocycles. The normalized spacial score (nSPS) is 13.7. The highest BCUT2D eigenvalue weighted by atomic mass is 16.1. The van der Waals surface area contributed by atoms with E-state index in [0.717, 1.165) is 46.9 Å². The van der Waals surface area contributed by atoms with Gasteiger partial charge < -0.3 is 11.1 Å². The molecule has 4 rings (SSSR count). The average Bonchev–Trinajstić information content (AvgIpc) is 3.03. The smallest absolute Gasteiger partial charge is 0.256 e. The Morgan fingerprint density at radius 1 is 1.21 bits per heavy atom. The van der Waals surface area contributed by atoms with Gasteiger partial charge in [-0.15, -0.1) is 0 Å². The van der Waals surface area contributed by atoms with Crippen LogP contribution in [0.4, 0.5) is 5.82 Å².